The summed E-state index contributed by atoms with van der Waals surface area (Å²) in [5, 5.41) is 0. The molecule has 0 saturated carbocycles. The van der Waals surface area contributed by atoms with Crippen molar-refractivity contribution in [3.8, 4) is 0 Å². The fourth-order valence-electron chi connectivity index (χ4n) is 1.27. The number of halogens is 3. The first-order chi connectivity index (χ1) is 5.82. The maximum atomic E-state index is 12.3. The summed E-state index contributed by atoms with van der Waals surface area (Å²) in [4.78, 5) is 0. The van der Waals surface area contributed by atoms with Gasteiger partial charge in [0.05, 0.1) is 0 Å². The van der Waals surface area contributed by atoms with Crippen LogP contribution >= 0.6 is 0 Å². The van der Waals surface area contributed by atoms with E-state index in [1.54, 1.807) is 0 Å². The standard InChI is InChI=1S/C8H11F3N2/c1-4-6(8(9,10)11)2-5(12)3-7(4)13/h2-4,7H,12-13H2,1H3. The minimum atomic E-state index is -4.34. The lowest BCUT2D eigenvalue weighted by molar-refractivity contribution is -0.0991. The third kappa shape index (κ3) is 2.03. The predicted octanol–water partition coefficient (Wildman–Crippen LogP) is 1.29. The Labute approximate surface area is 74.1 Å². The zero-order valence-corrected chi connectivity index (χ0v) is 7.10. The van der Waals surface area contributed by atoms with Crippen LogP contribution < -0.4 is 11.5 Å². The molecule has 0 aliphatic heterocycles. The number of rotatable bonds is 0. The number of hydrogen-bond donors (Lipinski definition) is 2. The van der Waals surface area contributed by atoms with Crippen LogP contribution in [-0.2, 0) is 0 Å². The lowest BCUT2D eigenvalue weighted by Gasteiger charge is -2.26. The molecule has 0 aromatic heterocycles. The van der Waals surface area contributed by atoms with Crippen molar-refractivity contribution in [1.82, 2.24) is 0 Å². The molecule has 13 heavy (non-hydrogen) atoms. The second kappa shape index (κ2) is 3.06. The lowest BCUT2D eigenvalue weighted by Crippen LogP contribution is -2.35. The molecule has 0 aromatic rings. The average Bonchev–Trinajstić information content (AvgIpc) is 1.94. The van der Waals surface area contributed by atoms with Gasteiger partial charge in [-0.2, -0.15) is 13.2 Å². The second-order valence-electron chi connectivity index (χ2n) is 3.13. The van der Waals surface area contributed by atoms with Crippen molar-refractivity contribution < 1.29 is 13.2 Å². The van der Waals surface area contributed by atoms with Gasteiger partial charge in [0.15, 0.2) is 0 Å². The summed E-state index contributed by atoms with van der Waals surface area (Å²) >= 11 is 0. The Bertz CT molecular complexity index is 265. The molecule has 0 saturated heterocycles. The smallest absolute Gasteiger partial charge is 0.399 e. The van der Waals surface area contributed by atoms with E-state index in [2.05, 4.69) is 0 Å². The minimum absolute atomic E-state index is 0.0814. The molecule has 2 atom stereocenters. The second-order valence-corrected chi connectivity index (χ2v) is 3.13. The van der Waals surface area contributed by atoms with Gasteiger partial charge in [-0.15, -0.1) is 0 Å². The van der Waals surface area contributed by atoms with Crippen molar-refractivity contribution in [2.45, 2.75) is 19.1 Å². The van der Waals surface area contributed by atoms with Crippen LogP contribution in [0.5, 0.6) is 0 Å². The zero-order valence-electron chi connectivity index (χ0n) is 7.10. The van der Waals surface area contributed by atoms with Gasteiger partial charge in [0, 0.05) is 23.2 Å². The third-order valence-electron chi connectivity index (χ3n) is 2.10. The van der Waals surface area contributed by atoms with Gasteiger partial charge in [0.2, 0.25) is 0 Å². The van der Waals surface area contributed by atoms with Crippen LogP contribution in [-0.4, -0.2) is 12.2 Å². The summed E-state index contributed by atoms with van der Waals surface area (Å²) < 4.78 is 37.0. The first-order valence-corrected chi connectivity index (χ1v) is 3.84. The molecule has 0 amide bonds. The van der Waals surface area contributed by atoms with Crippen molar-refractivity contribution in [3.05, 3.63) is 23.4 Å². The summed E-state index contributed by atoms with van der Waals surface area (Å²) in [7, 11) is 0. The summed E-state index contributed by atoms with van der Waals surface area (Å²) in [6.07, 6.45) is -1.97. The first-order valence-electron chi connectivity index (χ1n) is 3.84. The van der Waals surface area contributed by atoms with Crippen molar-refractivity contribution in [2.75, 3.05) is 0 Å². The highest BCUT2D eigenvalue weighted by Crippen LogP contribution is 2.35. The summed E-state index contributed by atoms with van der Waals surface area (Å²) in [6.45, 7) is 1.44. The molecule has 2 nitrogen and oxygen atoms in total. The number of nitrogens with two attached hydrogens (primary N) is 2. The van der Waals surface area contributed by atoms with E-state index in [0.29, 0.717) is 0 Å². The monoisotopic (exact) mass is 192 g/mol. The fraction of sp³-hybridized carbons (Fsp3) is 0.500. The highest BCUT2D eigenvalue weighted by atomic mass is 19.4. The van der Waals surface area contributed by atoms with E-state index in [0.717, 1.165) is 6.08 Å². The molecular weight excluding hydrogens is 181 g/mol. The quantitative estimate of drug-likeness (QED) is 0.607. The first kappa shape index (κ1) is 10.1. The van der Waals surface area contributed by atoms with Gasteiger partial charge in [0.1, 0.15) is 0 Å². The maximum absolute atomic E-state index is 12.3. The van der Waals surface area contributed by atoms with Crippen LogP contribution in [0.3, 0.4) is 0 Å². The maximum Gasteiger partial charge on any atom is 0.413 e. The van der Waals surface area contributed by atoms with Gasteiger partial charge in [-0.1, -0.05) is 6.92 Å². The van der Waals surface area contributed by atoms with Gasteiger partial charge in [0.25, 0.3) is 0 Å². The highest BCUT2D eigenvalue weighted by Gasteiger charge is 2.39. The molecule has 0 radical (unpaired) electrons. The van der Waals surface area contributed by atoms with E-state index < -0.39 is 23.7 Å². The Morgan fingerprint density at radius 3 is 2.38 bits per heavy atom. The molecule has 0 fully saturated rings. The van der Waals surface area contributed by atoms with Crippen molar-refractivity contribution >= 4 is 0 Å². The normalized spacial score (nSPS) is 29.6. The molecule has 74 valence electrons. The molecule has 1 rings (SSSR count). The summed E-state index contributed by atoms with van der Waals surface area (Å²) in [5.74, 6) is -0.729. The molecule has 2 unspecified atom stereocenters. The molecule has 1 aliphatic carbocycles. The Morgan fingerprint density at radius 1 is 1.38 bits per heavy atom. The molecule has 0 spiro atoms. The van der Waals surface area contributed by atoms with E-state index in [-0.39, 0.29) is 5.70 Å². The Balaban J connectivity index is 3.02. The van der Waals surface area contributed by atoms with Gasteiger partial charge in [-0.05, 0) is 12.2 Å². The highest BCUT2D eigenvalue weighted by molar-refractivity contribution is 5.33. The lowest BCUT2D eigenvalue weighted by atomic mass is 9.88. The van der Waals surface area contributed by atoms with E-state index in [1.165, 1.54) is 13.0 Å². The number of alkyl halides is 3. The van der Waals surface area contributed by atoms with Crippen LogP contribution in [0.15, 0.2) is 23.4 Å². The van der Waals surface area contributed by atoms with E-state index >= 15 is 0 Å². The largest absolute Gasteiger partial charge is 0.413 e. The van der Waals surface area contributed by atoms with Gasteiger partial charge < -0.3 is 11.5 Å². The molecule has 0 aromatic carbocycles. The Morgan fingerprint density at radius 2 is 1.92 bits per heavy atom. The zero-order chi connectivity index (χ0) is 10.2. The fourth-order valence-corrected chi connectivity index (χ4v) is 1.27. The van der Waals surface area contributed by atoms with Crippen molar-refractivity contribution in [2.24, 2.45) is 17.4 Å². The summed E-state index contributed by atoms with van der Waals surface area (Å²) in [6, 6.07) is -0.651. The van der Waals surface area contributed by atoms with Crippen molar-refractivity contribution in [3.63, 3.8) is 0 Å². The topological polar surface area (TPSA) is 52.0 Å². The van der Waals surface area contributed by atoms with Crippen LogP contribution in [0.4, 0.5) is 13.2 Å². The average molecular weight is 192 g/mol. The molecule has 5 heteroatoms. The molecule has 4 N–H and O–H groups in total. The van der Waals surface area contributed by atoms with Crippen LogP contribution in [0, 0.1) is 5.92 Å². The molecule has 1 aliphatic rings. The van der Waals surface area contributed by atoms with Gasteiger partial charge in [-0.25, -0.2) is 0 Å². The third-order valence-corrected chi connectivity index (χ3v) is 2.10. The minimum Gasteiger partial charge on any atom is -0.399 e. The summed E-state index contributed by atoms with van der Waals surface area (Å²) in [5.41, 5.74) is 10.2. The van der Waals surface area contributed by atoms with Crippen LogP contribution in [0.25, 0.3) is 0 Å². The van der Waals surface area contributed by atoms with Crippen LogP contribution in [0.1, 0.15) is 6.92 Å². The van der Waals surface area contributed by atoms with Crippen molar-refractivity contribution in [1.29, 1.82) is 0 Å². The Hall–Kier alpha value is -0.970. The van der Waals surface area contributed by atoms with E-state index in [4.69, 9.17) is 11.5 Å². The molecular formula is C8H11F3N2. The van der Waals surface area contributed by atoms with Gasteiger partial charge >= 0.3 is 6.18 Å². The van der Waals surface area contributed by atoms with Gasteiger partial charge in [-0.3, -0.25) is 0 Å². The van der Waals surface area contributed by atoms with E-state index in [9.17, 15) is 13.2 Å². The molecule has 0 bridgehead atoms. The number of hydrogen-bond acceptors (Lipinski definition) is 2. The SMILES string of the molecule is CC1C(C(F)(F)F)=CC(N)=CC1N. The Kier molecular flexibility index (Phi) is 2.38. The molecule has 0 heterocycles. The van der Waals surface area contributed by atoms with Crippen LogP contribution in [0.2, 0.25) is 0 Å². The number of allylic oxidation sites excluding steroid dienone is 1. The predicted molar refractivity (Wildman–Crippen MR) is 43.5 cm³/mol. The van der Waals surface area contributed by atoms with E-state index in [1.807, 2.05) is 0 Å².